The highest BCUT2D eigenvalue weighted by Gasteiger charge is 2.52. The molecule has 0 unspecified atom stereocenters. The molecule has 2 N–H and O–H groups in total. The Hall–Kier alpha value is -2.32. The summed E-state index contributed by atoms with van der Waals surface area (Å²) in [5, 5.41) is 0. The number of nitrogens with two attached hydrogens (primary N) is 1. The molecular formula is C18H20F2N4O2. The molecule has 0 aliphatic carbocycles. The van der Waals surface area contributed by atoms with E-state index < -0.39 is 30.4 Å². The highest BCUT2D eigenvalue weighted by Crippen LogP contribution is 2.42. The Balaban J connectivity index is 1.47. The van der Waals surface area contributed by atoms with E-state index in [1.54, 1.807) is 0 Å². The third-order valence-corrected chi connectivity index (χ3v) is 4.96. The number of halogens is 2. The standard InChI is InChI=1S/C18H20F2N4O2/c19-18(20)9-14(26-16(18)24-8-6-15(21)22-17(24)25)11-23-7-5-12-3-1-2-4-13(12)10-23/h1-4,6,8,14,16H,5,7,9-11H2,(H2,21,22,25)/t14-,16+/m0/s1. The first kappa shape index (κ1) is 17.1. The Morgan fingerprint density at radius 3 is 2.81 bits per heavy atom. The minimum atomic E-state index is -3.14. The summed E-state index contributed by atoms with van der Waals surface area (Å²) in [5.74, 6) is -3.14. The summed E-state index contributed by atoms with van der Waals surface area (Å²) in [4.78, 5) is 17.5. The molecule has 2 aliphatic heterocycles. The minimum absolute atomic E-state index is 0.00362. The molecule has 4 rings (SSSR count). The van der Waals surface area contributed by atoms with Gasteiger partial charge in [-0.2, -0.15) is 4.98 Å². The van der Waals surface area contributed by atoms with Crippen molar-refractivity contribution < 1.29 is 13.5 Å². The van der Waals surface area contributed by atoms with Crippen LogP contribution in [-0.2, 0) is 17.7 Å². The van der Waals surface area contributed by atoms with Gasteiger partial charge in [0.05, 0.1) is 6.10 Å². The zero-order valence-corrected chi connectivity index (χ0v) is 14.1. The number of rotatable bonds is 3. The molecule has 3 heterocycles. The molecule has 2 aromatic rings. The highest BCUT2D eigenvalue weighted by molar-refractivity contribution is 5.29. The van der Waals surface area contributed by atoms with Crippen LogP contribution >= 0.6 is 0 Å². The van der Waals surface area contributed by atoms with Crippen molar-refractivity contribution in [1.82, 2.24) is 14.5 Å². The second-order valence-corrected chi connectivity index (χ2v) is 6.87. The van der Waals surface area contributed by atoms with Gasteiger partial charge in [-0.1, -0.05) is 24.3 Å². The van der Waals surface area contributed by atoms with Crippen molar-refractivity contribution in [2.24, 2.45) is 0 Å². The summed E-state index contributed by atoms with van der Waals surface area (Å²) < 4.78 is 35.3. The maximum absolute atomic E-state index is 14.5. The van der Waals surface area contributed by atoms with Crippen LogP contribution in [0.3, 0.4) is 0 Å². The van der Waals surface area contributed by atoms with Gasteiger partial charge in [-0.05, 0) is 23.6 Å². The van der Waals surface area contributed by atoms with Crippen molar-refractivity contribution in [1.29, 1.82) is 0 Å². The van der Waals surface area contributed by atoms with E-state index in [9.17, 15) is 13.6 Å². The van der Waals surface area contributed by atoms with Gasteiger partial charge in [-0.15, -0.1) is 0 Å². The number of benzene rings is 1. The number of ether oxygens (including phenoxy) is 1. The van der Waals surface area contributed by atoms with Gasteiger partial charge in [0.25, 0.3) is 5.92 Å². The number of nitrogen functional groups attached to an aromatic ring is 1. The molecule has 0 amide bonds. The maximum atomic E-state index is 14.5. The van der Waals surface area contributed by atoms with Crippen molar-refractivity contribution in [3.63, 3.8) is 0 Å². The quantitative estimate of drug-likeness (QED) is 0.901. The van der Waals surface area contributed by atoms with E-state index in [1.165, 1.54) is 23.4 Å². The van der Waals surface area contributed by atoms with E-state index in [0.717, 1.165) is 24.1 Å². The topological polar surface area (TPSA) is 73.4 Å². The Bertz CT molecular complexity index is 870. The first-order chi connectivity index (χ1) is 12.4. The first-order valence-electron chi connectivity index (χ1n) is 8.59. The molecular weight excluding hydrogens is 342 g/mol. The van der Waals surface area contributed by atoms with Crippen LogP contribution < -0.4 is 11.4 Å². The highest BCUT2D eigenvalue weighted by atomic mass is 19.3. The van der Waals surface area contributed by atoms with E-state index in [2.05, 4.69) is 22.0 Å². The average molecular weight is 362 g/mol. The molecule has 8 heteroatoms. The molecule has 26 heavy (non-hydrogen) atoms. The number of hydrogen-bond acceptors (Lipinski definition) is 5. The monoisotopic (exact) mass is 362 g/mol. The van der Waals surface area contributed by atoms with E-state index >= 15 is 0 Å². The van der Waals surface area contributed by atoms with Crippen LogP contribution in [0.4, 0.5) is 14.6 Å². The number of hydrogen-bond donors (Lipinski definition) is 1. The van der Waals surface area contributed by atoms with E-state index in [4.69, 9.17) is 10.5 Å². The fourth-order valence-electron chi connectivity index (χ4n) is 3.71. The Kier molecular flexibility index (Phi) is 4.24. The lowest BCUT2D eigenvalue weighted by Crippen LogP contribution is -2.37. The smallest absolute Gasteiger partial charge is 0.351 e. The molecule has 2 aliphatic rings. The molecule has 1 saturated heterocycles. The fourth-order valence-corrected chi connectivity index (χ4v) is 3.71. The largest absolute Gasteiger partial charge is 0.383 e. The summed E-state index contributed by atoms with van der Waals surface area (Å²) in [6, 6.07) is 9.48. The molecule has 2 atom stereocenters. The van der Waals surface area contributed by atoms with Gasteiger partial charge in [-0.3, -0.25) is 9.47 Å². The third kappa shape index (κ3) is 3.22. The first-order valence-corrected chi connectivity index (χ1v) is 8.59. The van der Waals surface area contributed by atoms with Crippen molar-refractivity contribution >= 4 is 5.82 Å². The molecule has 1 aromatic carbocycles. The fraction of sp³-hybridized carbons (Fsp3) is 0.444. The van der Waals surface area contributed by atoms with Crippen molar-refractivity contribution in [3.8, 4) is 0 Å². The van der Waals surface area contributed by atoms with Crippen LogP contribution in [0.1, 0.15) is 23.8 Å². The van der Waals surface area contributed by atoms with Gasteiger partial charge >= 0.3 is 5.69 Å². The van der Waals surface area contributed by atoms with Crippen molar-refractivity contribution in [3.05, 3.63) is 58.1 Å². The van der Waals surface area contributed by atoms with Gasteiger partial charge < -0.3 is 10.5 Å². The SMILES string of the molecule is Nc1ccn([C@@H]2O[C@H](CN3CCc4ccccc4C3)CC2(F)F)c(=O)n1. The third-order valence-electron chi connectivity index (χ3n) is 4.96. The molecule has 1 aromatic heterocycles. The lowest BCUT2D eigenvalue weighted by atomic mass is 9.99. The summed E-state index contributed by atoms with van der Waals surface area (Å²) in [5.41, 5.74) is 7.12. The van der Waals surface area contributed by atoms with Crippen molar-refractivity contribution in [2.45, 2.75) is 37.6 Å². The van der Waals surface area contributed by atoms with E-state index in [0.29, 0.717) is 6.54 Å². The Morgan fingerprint density at radius 1 is 1.27 bits per heavy atom. The van der Waals surface area contributed by atoms with Crippen LogP contribution in [0.5, 0.6) is 0 Å². The van der Waals surface area contributed by atoms with Gasteiger partial charge in [0.2, 0.25) is 6.23 Å². The van der Waals surface area contributed by atoms with Crippen LogP contribution in [0.2, 0.25) is 0 Å². The molecule has 6 nitrogen and oxygen atoms in total. The zero-order valence-electron chi connectivity index (χ0n) is 14.1. The van der Waals surface area contributed by atoms with Gasteiger partial charge in [0.15, 0.2) is 0 Å². The second kappa shape index (κ2) is 6.44. The van der Waals surface area contributed by atoms with E-state index in [-0.39, 0.29) is 5.82 Å². The number of nitrogens with zero attached hydrogens (tertiary/aromatic N) is 3. The molecule has 0 spiro atoms. The number of anilines is 1. The second-order valence-electron chi connectivity index (χ2n) is 6.87. The lowest BCUT2D eigenvalue weighted by Gasteiger charge is -2.30. The van der Waals surface area contributed by atoms with Gasteiger partial charge in [-0.25, -0.2) is 13.6 Å². The van der Waals surface area contributed by atoms with Crippen LogP contribution in [-0.4, -0.2) is 39.6 Å². The Morgan fingerprint density at radius 2 is 2.04 bits per heavy atom. The normalized spacial score (nSPS) is 25.2. The van der Waals surface area contributed by atoms with E-state index in [1.807, 2.05) is 12.1 Å². The number of fused-ring (bicyclic) bond motifs is 1. The molecule has 1 fully saturated rings. The summed E-state index contributed by atoms with van der Waals surface area (Å²) in [6.07, 6.45) is -0.616. The molecule has 0 saturated carbocycles. The van der Waals surface area contributed by atoms with Crippen LogP contribution in [0.15, 0.2) is 41.3 Å². The summed E-state index contributed by atoms with van der Waals surface area (Å²) >= 11 is 0. The maximum Gasteiger partial charge on any atom is 0.351 e. The lowest BCUT2D eigenvalue weighted by molar-refractivity contribution is -0.119. The average Bonchev–Trinajstić information content (AvgIpc) is 2.89. The predicted octanol–water partition coefficient (Wildman–Crippen LogP) is 1.81. The molecule has 0 radical (unpaired) electrons. The zero-order chi connectivity index (χ0) is 18.3. The van der Waals surface area contributed by atoms with Gasteiger partial charge in [0, 0.05) is 32.3 Å². The minimum Gasteiger partial charge on any atom is -0.383 e. The molecule has 138 valence electrons. The van der Waals surface area contributed by atoms with Crippen LogP contribution in [0.25, 0.3) is 0 Å². The molecule has 0 bridgehead atoms. The number of aromatic nitrogens is 2. The van der Waals surface area contributed by atoms with Gasteiger partial charge in [0.1, 0.15) is 5.82 Å². The summed E-state index contributed by atoms with van der Waals surface area (Å²) in [6.45, 7) is 1.92. The summed E-state index contributed by atoms with van der Waals surface area (Å²) in [7, 11) is 0. The van der Waals surface area contributed by atoms with Crippen LogP contribution in [0, 0.1) is 0 Å². The Labute approximate surface area is 149 Å². The van der Waals surface area contributed by atoms with Crippen molar-refractivity contribution in [2.75, 3.05) is 18.8 Å². The predicted molar refractivity (Wildman–Crippen MR) is 91.8 cm³/mol. The number of alkyl halides is 2.